The molecule has 2 aromatic rings. The second kappa shape index (κ2) is 8.78. The SMILES string of the molecule is COc1cc(Cl)c(C)cc1NC(=O)CSc1cccc(NC(C)=O)c1. The lowest BCUT2D eigenvalue weighted by molar-refractivity contribution is -0.114. The zero-order chi connectivity index (χ0) is 18.4. The van der Waals surface area contributed by atoms with Gasteiger partial charge >= 0.3 is 0 Å². The molecule has 0 spiro atoms. The quantitative estimate of drug-likeness (QED) is 0.733. The number of benzene rings is 2. The number of hydrogen-bond acceptors (Lipinski definition) is 4. The van der Waals surface area contributed by atoms with Gasteiger partial charge in [0.25, 0.3) is 0 Å². The van der Waals surface area contributed by atoms with Crippen molar-refractivity contribution in [2.45, 2.75) is 18.7 Å². The van der Waals surface area contributed by atoms with E-state index < -0.39 is 0 Å². The first-order chi connectivity index (χ1) is 11.9. The van der Waals surface area contributed by atoms with Crippen LogP contribution >= 0.6 is 23.4 Å². The molecule has 132 valence electrons. The summed E-state index contributed by atoms with van der Waals surface area (Å²) in [5.74, 6) is 0.454. The number of thioether (sulfide) groups is 1. The molecule has 2 amide bonds. The average molecular weight is 379 g/mol. The molecule has 0 unspecified atom stereocenters. The minimum absolute atomic E-state index is 0.134. The summed E-state index contributed by atoms with van der Waals surface area (Å²) in [5, 5.41) is 6.13. The van der Waals surface area contributed by atoms with Crippen LogP contribution in [0.1, 0.15) is 12.5 Å². The number of amides is 2. The molecule has 25 heavy (non-hydrogen) atoms. The number of anilines is 2. The number of halogens is 1. The Morgan fingerprint density at radius 3 is 2.64 bits per heavy atom. The number of carbonyl (C=O) groups is 2. The molecule has 0 atom stereocenters. The van der Waals surface area contributed by atoms with Gasteiger partial charge < -0.3 is 15.4 Å². The molecule has 7 heteroatoms. The van der Waals surface area contributed by atoms with Crippen molar-refractivity contribution in [3.05, 3.63) is 47.0 Å². The lowest BCUT2D eigenvalue weighted by atomic mass is 10.2. The fourth-order valence-electron chi connectivity index (χ4n) is 2.13. The lowest BCUT2D eigenvalue weighted by Crippen LogP contribution is -2.15. The minimum atomic E-state index is -0.157. The maximum Gasteiger partial charge on any atom is 0.234 e. The van der Waals surface area contributed by atoms with Gasteiger partial charge in [0, 0.05) is 28.6 Å². The fourth-order valence-corrected chi connectivity index (χ4v) is 3.04. The van der Waals surface area contributed by atoms with Gasteiger partial charge in [0.05, 0.1) is 18.6 Å². The van der Waals surface area contributed by atoms with Gasteiger partial charge in [-0.25, -0.2) is 0 Å². The molecule has 0 aliphatic heterocycles. The maximum absolute atomic E-state index is 12.2. The van der Waals surface area contributed by atoms with E-state index in [0.29, 0.717) is 22.1 Å². The van der Waals surface area contributed by atoms with Crippen LogP contribution in [0.3, 0.4) is 0 Å². The number of aryl methyl sites for hydroxylation is 1. The van der Waals surface area contributed by atoms with Crippen LogP contribution in [0.15, 0.2) is 41.3 Å². The molecule has 0 radical (unpaired) electrons. The van der Waals surface area contributed by atoms with E-state index in [4.69, 9.17) is 16.3 Å². The molecule has 2 aromatic carbocycles. The van der Waals surface area contributed by atoms with Crippen LogP contribution in [0.25, 0.3) is 0 Å². The molecule has 0 fully saturated rings. The van der Waals surface area contributed by atoms with Crippen LogP contribution in [0.5, 0.6) is 5.75 Å². The molecule has 0 saturated heterocycles. The van der Waals surface area contributed by atoms with E-state index in [2.05, 4.69) is 10.6 Å². The van der Waals surface area contributed by atoms with E-state index in [1.54, 1.807) is 18.2 Å². The van der Waals surface area contributed by atoms with E-state index in [1.807, 2.05) is 25.1 Å². The first-order valence-corrected chi connectivity index (χ1v) is 8.90. The summed E-state index contributed by atoms with van der Waals surface area (Å²) in [6.45, 7) is 3.31. The van der Waals surface area contributed by atoms with Crippen molar-refractivity contribution in [2.75, 3.05) is 23.5 Å². The molecule has 0 aliphatic rings. The third kappa shape index (κ3) is 5.69. The van der Waals surface area contributed by atoms with Crippen LogP contribution in [-0.2, 0) is 9.59 Å². The van der Waals surface area contributed by atoms with Gasteiger partial charge in [-0.15, -0.1) is 11.8 Å². The highest BCUT2D eigenvalue weighted by atomic mass is 35.5. The highest BCUT2D eigenvalue weighted by molar-refractivity contribution is 8.00. The first-order valence-electron chi connectivity index (χ1n) is 7.53. The predicted octanol–water partition coefficient (Wildman–Crippen LogP) is 4.35. The molecule has 5 nitrogen and oxygen atoms in total. The van der Waals surface area contributed by atoms with Gasteiger partial charge in [0.1, 0.15) is 5.75 Å². The number of rotatable bonds is 6. The topological polar surface area (TPSA) is 67.4 Å². The molecule has 0 aromatic heterocycles. The molecule has 2 N–H and O–H groups in total. The van der Waals surface area contributed by atoms with Crippen molar-refractivity contribution in [3.8, 4) is 5.75 Å². The third-order valence-corrected chi connectivity index (χ3v) is 4.68. The maximum atomic E-state index is 12.2. The Balaban J connectivity index is 1.99. The van der Waals surface area contributed by atoms with Crippen LogP contribution in [0, 0.1) is 6.92 Å². The normalized spacial score (nSPS) is 10.2. The number of nitrogens with one attached hydrogen (secondary N) is 2. The van der Waals surface area contributed by atoms with E-state index in [9.17, 15) is 9.59 Å². The van der Waals surface area contributed by atoms with Gasteiger partial charge in [-0.1, -0.05) is 17.7 Å². The Morgan fingerprint density at radius 1 is 1.20 bits per heavy atom. The number of methoxy groups -OCH3 is 1. The van der Waals surface area contributed by atoms with Crippen molar-refractivity contribution in [1.29, 1.82) is 0 Å². The molecular formula is C18H19ClN2O3S. The first kappa shape index (κ1) is 19.1. The van der Waals surface area contributed by atoms with Crippen molar-refractivity contribution >= 4 is 46.6 Å². The van der Waals surface area contributed by atoms with Crippen LogP contribution in [0.2, 0.25) is 5.02 Å². The smallest absolute Gasteiger partial charge is 0.234 e. The Hall–Kier alpha value is -2.18. The number of hydrogen-bond donors (Lipinski definition) is 2. The van der Waals surface area contributed by atoms with Gasteiger partial charge in [-0.3, -0.25) is 9.59 Å². The van der Waals surface area contributed by atoms with E-state index in [0.717, 1.165) is 10.5 Å². The van der Waals surface area contributed by atoms with Crippen LogP contribution in [-0.4, -0.2) is 24.7 Å². The minimum Gasteiger partial charge on any atom is -0.495 e. The average Bonchev–Trinajstić information content (AvgIpc) is 2.56. The molecule has 0 aliphatic carbocycles. The van der Waals surface area contributed by atoms with Crippen LogP contribution < -0.4 is 15.4 Å². The summed E-state index contributed by atoms with van der Waals surface area (Å²) >= 11 is 7.45. The number of carbonyl (C=O) groups excluding carboxylic acids is 2. The Morgan fingerprint density at radius 2 is 1.96 bits per heavy atom. The summed E-state index contributed by atoms with van der Waals surface area (Å²) in [7, 11) is 1.53. The Labute approximate surface area is 156 Å². The molecule has 0 saturated carbocycles. The largest absolute Gasteiger partial charge is 0.495 e. The lowest BCUT2D eigenvalue weighted by Gasteiger charge is -2.12. The van der Waals surface area contributed by atoms with Gasteiger partial charge in [0.2, 0.25) is 11.8 Å². The zero-order valence-corrected chi connectivity index (χ0v) is 15.8. The van der Waals surface area contributed by atoms with E-state index >= 15 is 0 Å². The highest BCUT2D eigenvalue weighted by Gasteiger charge is 2.11. The highest BCUT2D eigenvalue weighted by Crippen LogP contribution is 2.31. The van der Waals surface area contributed by atoms with E-state index in [1.165, 1.54) is 25.8 Å². The Kier molecular flexibility index (Phi) is 6.73. The van der Waals surface area contributed by atoms with Gasteiger partial charge in [-0.2, -0.15) is 0 Å². The molecule has 2 rings (SSSR count). The number of ether oxygens (including phenoxy) is 1. The van der Waals surface area contributed by atoms with E-state index in [-0.39, 0.29) is 17.6 Å². The summed E-state index contributed by atoms with van der Waals surface area (Å²) in [6, 6.07) is 10.8. The van der Waals surface area contributed by atoms with Gasteiger partial charge in [-0.05, 0) is 36.8 Å². The molecule has 0 bridgehead atoms. The fraction of sp³-hybridized carbons (Fsp3) is 0.222. The zero-order valence-electron chi connectivity index (χ0n) is 14.2. The van der Waals surface area contributed by atoms with Crippen molar-refractivity contribution in [2.24, 2.45) is 0 Å². The molecular weight excluding hydrogens is 360 g/mol. The van der Waals surface area contributed by atoms with Crippen molar-refractivity contribution < 1.29 is 14.3 Å². The Bertz CT molecular complexity index is 796. The summed E-state index contributed by atoms with van der Waals surface area (Å²) in [4.78, 5) is 24.2. The van der Waals surface area contributed by atoms with Gasteiger partial charge in [0.15, 0.2) is 0 Å². The van der Waals surface area contributed by atoms with Crippen molar-refractivity contribution in [3.63, 3.8) is 0 Å². The predicted molar refractivity (Wildman–Crippen MR) is 103 cm³/mol. The summed E-state index contributed by atoms with van der Waals surface area (Å²) in [6.07, 6.45) is 0. The van der Waals surface area contributed by atoms with Crippen molar-refractivity contribution in [1.82, 2.24) is 0 Å². The second-order valence-corrected chi connectivity index (χ2v) is 6.80. The summed E-state index contributed by atoms with van der Waals surface area (Å²) in [5.41, 5.74) is 2.14. The molecule has 0 heterocycles. The standard InChI is InChI=1S/C18H19ClN2O3S/c1-11-7-16(17(24-3)9-15(11)19)21-18(23)10-25-14-6-4-5-13(8-14)20-12(2)22/h4-9H,10H2,1-3H3,(H,20,22)(H,21,23). The monoisotopic (exact) mass is 378 g/mol. The third-order valence-electron chi connectivity index (χ3n) is 3.28. The second-order valence-electron chi connectivity index (χ2n) is 5.35. The summed E-state index contributed by atoms with van der Waals surface area (Å²) < 4.78 is 5.25. The van der Waals surface area contributed by atoms with Crippen LogP contribution in [0.4, 0.5) is 11.4 Å².